The Bertz CT molecular complexity index is 357. The zero-order chi connectivity index (χ0) is 17.7. The molecule has 0 bridgehead atoms. The summed E-state index contributed by atoms with van der Waals surface area (Å²) in [5, 5.41) is 0.980. The van der Waals surface area contributed by atoms with Crippen LogP contribution in [0.3, 0.4) is 0 Å². The Labute approximate surface area is 140 Å². The van der Waals surface area contributed by atoms with E-state index in [2.05, 4.69) is 61.2 Å². The van der Waals surface area contributed by atoms with E-state index in [0.29, 0.717) is 40.3 Å². The summed E-state index contributed by atoms with van der Waals surface area (Å²) in [7, 11) is -3.60. The van der Waals surface area contributed by atoms with Crippen molar-refractivity contribution in [2.24, 2.45) is 0 Å². The summed E-state index contributed by atoms with van der Waals surface area (Å²) in [6, 6.07) is 0. The molecule has 0 amide bonds. The van der Waals surface area contributed by atoms with Crippen LogP contribution in [0.4, 0.5) is 0 Å². The number of hydrogen-bond donors (Lipinski definition) is 0. The average molecular weight is 343 g/mol. The smallest absolute Gasteiger partial charge is 0.140 e. The molecule has 0 aromatic rings. The maximum absolute atomic E-state index is 13.0. The summed E-state index contributed by atoms with van der Waals surface area (Å²) in [4.78, 5) is 25.0. The van der Waals surface area contributed by atoms with E-state index < -0.39 is 16.1 Å². The SMILES string of the molecule is CC(C)[Si](C(=O)CCCCC(=O)[Si](C)(C)C)(C(C)C)C(C)C. The van der Waals surface area contributed by atoms with Gasteiger partial charge < -0.3 is 9.59 Å². The van der Waals surface area contributed by atoms with Gasteiger partial charge in [0, 0.05) is 12.8 Å². The van der Waals surface area contributed by atoms with Crippen molar-refractivity contribution in [3.05, 3.63) is 0 Å². The van der Waals surface area contributed by atoms with Gasteiger partial charge in [-0.2, -0.15) is 0 Å². The molecule has 22 heavy (non-hydrogen) atoms. The fourth-order valence-electron chi connectivity index (χ4n) is 4.13. The molecule has 4 heteroatoms. The van der Waals surface area contributed by atoms with E-state index in [0.717, 1.165) is 12.8 Å². The molecule has 0 atom stereocenters. The van der Waals surface area contributed by atoms with Gasteiger partial charge in [0.2, 0.25) is 0 Å². The molecule has 0 unspecified atom stereocenters. The zero-order valence-corrected chi connectivity index (χ0v) is 18.4. The van der Waals surface area contributed by atoms with Crippen molar-refractivity contribution in [2.75, 3.05) is 0 Å². The van der Waals surface area contributed by atoms with E-state index in [1.165, 1.54) is 0 Å². The largest absolute Gasteiger partial charge is 0.305 e. The Morgan fingerprint density at radius 2 is 1.00 bits per heavy atom. The first-order valence-corrected chi connectivity index (χ1v) is 14.7. The lowest BCUT2D eigenvalue weighted by Crippen LogP contribution is -2.52. The van der Waals surface area contributed by atoms with Gasteiger partial charge in [0.1, 0.15) is 27.0 Å². The Morgan fingerprint density at radius 3 is 1.27 bits per heavy atom. The first kappa shape index (κ1) is 21.8. The monoisotopic (exact) mass is 342 g/mol. The maximum atomic E-state index is 13.0. The van der Waals surface area contributed by atoms with Gasteiger partial charge in [0.05, 0.1) is 0 Å². The van der Waals surface area contributed by atoms with Gasteiger partial charge in [-0.1, -0.05) is 61.2 Å². The Morgan fingerprint density at radius 1 is 0.682 bits per heavy atom. The quantitative estimate of drug-likeness (QED) is 0.372. The fraction of sp³-hybridized carbons (Fsp3) is 0.889. The zero-order valence-electron chi connectivity index (χ0n) is 16.4. The highest BCUT2D eigenvalue weighted by molar-refractivity contribution is 7.08. The summed E-state index contributed by atoms with van der Waals surface area (Å²) in [6.07, 6.45) is 3.12. The topological polar surface area (TPSA) is 34.1 Å². The summed E-state index contributed by atoms with van der Waals surface area (Å²) in [6.45, 7) is 19.7. The summed E-state index contributed by atoms with van der Waals surface area (Å²) in [5.41, 5.74) is 1.47. The molecule has 0 aromatic carbocycles. The number of carbonyl (C=O) groups excluding carboxylic acids is 2. The molecule has 0 aliphatic rings. The lowest BCUT2D eigenvalue weighted by Gasteiger charge is -2.41. The van der Waals surface area contributed by atoms with Crippen LogP contribution in [0.15, 0.2) is 0 Å². The third-order valence-electron chi connectivity index (χ3n) is 5.24. The van der Waals surface area contributed by atoms with Crippen LogP contribution in [0, 0.1) is 0 Å². The van der Waals surface area contributed by atoms with Crippen molar-refractivity contribution >= 4 is 27.0 Å². The molecular weight excluding hydrogens is 304 g/mol. The van der Waals surface area contributed by atoms with Crippen molar-refractivity contribution in [1.29, 1.82) is 0 Å². The maximum Gasteiger partial charge on any atom is 0.140 e. The van der Waals surface area contributed by atoms with Crippen LogP contribution in [0.2, 0.25) is 36.3 Å². The molecule has 0 saturated heterocycles. The van der Waals surface area contributed by atoms with Gasteiger partial charge in [0.15, 0.2) is 0 Å². The second-order valence-corrected chi connectivity index (χ2v) is 19.6. The van der Waals surface area contributed by atoms with E-state index in [-0.39, 0.29) is 0 Å². The molecule has 0 N–H and O–H groups in total. The highest BCUT2D eigenvalue weighted by Crippen LogP contribution is 2.42. The number of unbranched alkanes of at least 4 members (excludes halogenated alkanes) is 1. The highest BCUT2D eigenvalue weighted by Gasteiger charge is 2.48. The Kier molecular flexibility index (Phi) is 8.49. The van der Waals surface area contributed by atoms with Crippen LogP contribution in [0.1, 0.15) is 67.2 Å². The van der Waals surface area contributed by atoms with E-state index in [9.17, 15) is 9.59 Å². The van der Waals surface area contributed by atoms with Gasteiger partial charge in [0.25, 0.3) is 0 Å². The molecule has 0 aliphatic heterocycles. The second-order valence-electron chi connectivity index (χ2n) is 8.70. The second kappa shape index (κ2) is 8.58. The van der Waals surface area contributed by atoms with E-state index in [1.807, 2.05) is 0 Å². The minimum Gasteiger partial charge on any atom is -0.305 e. The average Bonchev–Trinajstić information content (AvgIpc) is 2.32. The van der Waals surface area contributed by atoms with Gasteiger partial charge in [-0.05, 0) is 29.5 Å². The Balaban J connectivity index is 4.72. The predicted octanol–water partition coefficient (Wildman–Crippen LogP) is 5.78. The molecule has 0 radical (unpaired) electrons. The number of carbonyl (C=O) groups is 2. The molecule has 0 spiro atoms. The minimum absolute atomic E-state index is 0.444. The van der Waals surface area contributed by atoms with Gasteiger partial charge in [-0.3, -0.25) is 0 Å². The van der Waals surface area contributed by atoms with Gasteiger partial charge in [-0.25, -0.2) is 0 Å². The van der Waals surface area contributed by atoms with Crippen LogP contribution in [0.25, 0.3) is 0 Å². The summed E-state index contributed by atoms with van der Waals surface area (Å²) >= 11 is 0. The van der Waals surface area contributed by atoms with Crippen molar-refractivity contribution in [3.63, 3.8) is 0 Å². The first-order valence-electron chi connectivity index (χ1n) is 8.95. The first-order chi connectivity index (χ1) is 9.88. The fourth-order valence-corrected chi connectivity index (χ4v) is 11.6. The highest BCUT2D eigenvalue weighted by atomic mass is 28.3. The molecule has 2 nitrogen and oxygen atoms in total. The Hall–Kier alpha value is -0.226. The molecule has 0 heterocycles. The van der Waals surface area contributed by atoms with E-state index in [4.69, 9.17) is 0 Å². The third-order valence-corrected chi connectivity index (χ3v) is 14.1. The number of rotatable bonds is 10. The minimum atomic E-state index is -1.96. The molecule has 0 saturated carbocycles. The van der Waals surface area contributed by atoms with Crippen molar-refractivity contribution in [3.8, 4) is 0 Å². The molecule has 0 aliphatic carbocycles. The van der Waals surface area contributed by atoms with Crippen LogP contribution in [-0.2, 0) is 9.59 Å². The molecular formula is C18H38O2Si2. The molecule has 0 rings (SSSR count). The van der Waals surface area contributed by atoms with Crippen LogP contribution in [0.5, 0.6) is 0 Å². The van der Waals surface area contributed by atoms with Gasteiger partial charge in [-0.15, -0.1) is 0 Å². The lowest BCUT2D eigenvalue weighted by atomic mass is 10.2. The van der Waals surface area contributed by atoms with Crippen molar-refractivity contribution in [2.45, 2.75) is 103 Å². The normalized spacial score (nSPS) is 13.3. The van der Waals surface area contributed by atoms with Crippen LogP contribution >= 0.6 is 0 Å². The lowest BCUT2D eigenvalue weighted by molar-refractivity contribution is -0.114. The summed E-state index contributed by atoms with van der Waals surface area (Å²) in [5.74, 6) is 0. The van der Waals surface area contributed by atoms with E-state index in [1.54, 1.807) is 0 Å². The molecule has 0 fully saturated rings. The standard InChI is InChI=1S/C18H38O2Si2/c1-14(2)22(15(3)4,16(5)6)18(20)13-11-10-12-17(19)21(7,8)9/h14-16H,10-13H2,1-9H3. The summed E-state index contributed by atoms with van der Waals surface area (Å²) < 4.78 is 0. The molecule has 130 valence electrons. The van der Waals surface area contributed by atoms with Crippen molar-refractivity contribution in [1.82, 2.24) is 0 Å². The molecule has 0 aromatic heterocycles. The number of hydrogen-bond acceptors (Lipinski definition) is 2. The predicted molar refractivity (Wildman–Crippen MR) is 103 cm³/mol. The van der Waals surface area contributed by atoms with Gasteiger partial charge >= 0.3 is 0 Å². The van der Waals surface area contributed by atoms with Crippen molar-refractivity contribution < 1.29 is 9.59 Å². The van der Waals surface area contributed by atoms with Crippen LogP contribution in [-0.4, -0.2) is 27.0 Å². The third kappa shape index (κ3) is 5.15. The van der Waals surface area contributed by atoms with Crippen LogP contribution < -0.4 is 0 Å². The van der Waals surface area contributed by atoms with E-state index >= 15 is 0 Å².